The van der Waals surface area contributed by atoms with Gasteiger partial charge in [0.05, 0.1) is 6.07 Å². The minimum atomic E-state index is -3.99. The zero-order valence-electron chi connectivity index (χ0n) is 13.5. The number of nitrogens with zero attached hydrogens (tertiary/aromatic N) is 2. The van der Waals surface area contributed by atoms with Crippen LogP contribution in [0.3, 0.4) is 0 Å². The summed E-state index contributed by atoms with van der Waals surface area (Å²) in [6.07, 6.45) is 2.83. The van der Waals surface area contributed by atoms with Gasteiger partial charge in [-0.25, -0.2) is 8.42 Å². The Bertz CT molecular complexity index is 519. The van der Waals surface area contributed by atoms with Gasteiger partial charge in [0, 0.05) is 6.54 Å². The Morgan fingerprint density at radius 2 is 1.83 bits per heavy atom. The SMILES string of the molecule is CCCCC(C)CN(SC(Cl)(Cl)C(Cl)Cl)S(=O)(=O)C(C)(C)C#N. The van der Waals surface area contributed by atoms with Crippen molar-refractivity contribution in [3.8, 4) is 6.07 Å². The smallest absolute Gasteiger partial charge is 0.210 e. The molecule has 0 amide bonds. The number of rotatable bonds is 10. The summed E-state index contributed by atoms with van der Waals surface area (Å²) in [5.41, 5.74) is 0. The van der Waals surface area contributed by atoms with Gasteiger partial charge in [-0.2, -0.15) is 5.26 Å². The van der Waals surface area contributed by atoms with Crippen LogP contribution in [0.2, 0.25) is 0 Å². The van der Waals surface area contributed by atoms with Crippen molar-refractivity contribution < 1.29 is 8.42 Å². The van der Waals surface area contributed by atoms with E-state index in [4.69, 9.17) is 46.4 Å². The number of alkyl halides is 4. The van der Waals surface area contributed by atoms with Crippen molar-refractivity contribution in [2.45, 2.75) is 60.2 Å². The Labute approximate surface area is 164 Å². The van der Waals surface area contributed by atoms with Gasteiger partial charge in [0.1, 0.15) is 0 Å². The third kappa shape index (κ3) is 6.97. The molecule has 136 valence electrons. The lowest BCUT2D eigenvalue weighted by Crippen LogP contribution is -2.44. The maximum atomic E-state index is 12.8. The highest BCUT2D eigenvalue weighted by molar-refractivity contribution is 8.11. The van der Waals surface area contributed by atoms with Gasteiger partial charge in [0.2, 0.25) is 13.7 Å². The monoisotopic (exact) mass is 442 g/mol. The molecule has 0 spiro atoms. The third-order valence-electron chi connectivity index (χ3n) is 3.17. The molecule has 0 aromatic carbocycles. The summed E-state index contributed by atoms with van der Waals surface area (Å²) in [5.74, 6) is 0.0694. The predicted molar refractivity (Wildman–Crippen MR) is 102 cm³/mol. The minimum absolute atomic E-state index is 0.0694. The quantitative estimate of drug-likeness (QED) is 0.338. The first-order chi connectivity index (χ1) is 10.3. The molecule has 0 saturated heterocycles. The topological polar surface area (TPSA) is 61.2 Å². The van der Waals surface area contributed by atoms with Gasteiger partial charge >= 0.3 is 0 Å². The van der Waals surface area contributed by atoms with E-state index in [2.05, 4.69) is 6.92 Å². The van der Waals surface area contributed by atoms with Crippen LogP contribution in [0.1, 0.15) is 47.0 Å². The van der Waals surface area contributed by atoms with Crippen LogP contribution in [0.15, 0.2) is 0 Å². The van der Waals surface area contributed by atoms with E-state index in [9.17, 15) is 13.7 Å². The molecule has 0 aliphatic carbocycles. The van der Waals surface area contributed by atoms with Gasteiger partial charge in [-0.15, -0.1) is 26.9 Å². The summed E-state index contributed by atoms with van der Waals surface area (Å²) in [7, 11) is -3.99. The Morgan fingerprint density at radius 3 is 2.22 bits per heavy atom. The highest BCUT2D eigenvalue weighted by Gasteiger charge is 2.46. The lowest BCUT2D eigenvalue weighted by molar-refractivity contribution is 0.430. The molecule has 0 aliphatic rings. The Kier molecular flexibility index (Phi) is 9.94. The maximum absolute atomic E-state index is 12.8. The Morgan fingerprint density at radius 1 is 1.30 bits per heavy atom. The summed E-state index contributed by atoms with van der Waals surface area (Å²) >= 11 is 24.1. The molecule has 1 atom stereocenters. The summed E-state index contributed by atoms with van der Waals surface area (Å²) in [4.78, 5) is -1.20. The fraction of sp³-hybridized carbons (Fsp3) is 0.923. The molecular formula is C13H22Cl4N2O2S2. The number of unbranched alkanes of at least 4 members (excludes halogenated alkanes) is 1. The zero-order chi connectivity index (χ0) is 18.5. The van der Waals surface area contributed by atoms with Gasteiger partial charge in [-0.05, 0) is 38.1 Å². The first kappa shape index (κ1) is 23.9. The first-order valence-electron chi connectivity index (χ1n) is 7.10. The van der Waals surface area contributed by atoms with Crippen molar-refractivity contribution in [1.82, 2.24) is 3.71 Å². The van der Waals surface area contributed by atoms with E-state index in [1.807, 2.05) is 6.92 Å². The molecule has 0 heterocycles. The van der Waals surface area contributed by atoms with Crippen molar-refractivity contribution >= 4 is 68.4 Å². The Hall–Kier alpha value is 0.910. The molecule has 0 N–H and O–H groups in total. The highest BCUT2D eigenvalue weighted by atomic mass is 35.5. The van der Waals surface area contributed by atoms with Crippen molar-refractivity contribution in [3.63, 3.8) is 0 Å². The third-order valence-corrected chi connectivity index (χ3v) is 9.09. The van der Waals surface area contributed by atoms with Crippen LogP contribution in [0.25, 0.3) is 0 Å². The van der Waals surface area contributed by atoms with Crippen LogP contribution in [-0.4, -0.2) is 31.9 Å². The molecule has 10 heteroatoms. The number of hydrogen-bond donors (Lipinski definition) is 0. The van der Waals surface area contributed by atoms with Gasteiger partial charge in [-0.3, -0.25) is 0 Å². The van der Waals surface area contributed by atoms with Crippen LogP contribution in [0.5, 0.6) is 0 Å². The molecule has 0 rings (SSSR count). The molecule has 0 radical (unpaired) electrons. The summed E-state index contributed by atoms with van der Waals surface area (Å²) in [5, 5.41) is 9.18. The van der Waals surface area contributed by atoms with Crippen LogP contribution >= 0.6 is 58.4 Å². The predicted octanol–water partition coefficient (Wildman–Crippen LogP) is 5.33. The molecule has 0 aromatic heterocycles. The van der Waals surface area contributed by atoms with Crippen molar-refractivity contribution in [3.05, 3.63) is 0 Å². The molecule has 0 aliphatic heterocycles. The molecule has 0 aromatic rings. The number of sulfonamides is 1. The van der Waals surface area contributed by atoms with Crippen molar-refractivity contribution in [2.24, 2.45) is 5.92 Å². The second-order valence-electron chi connectivity index (χ2n) is 5.81. The molecule has 1 unspecified atom stereocenters. The van der Waals surface area contributed by atoms with Crippen molar-refractivity contribution in [1.29, 1.82) is 5.26 Å². The summed E-state index contributed by atoms with van der Waals surface area (Å²) < 4.78 is 23.2. The normalized spacial score (nSPS) is 15.0. The fourth-order valence-corrected chi connectivity index (χ4v) is 5.61. The van der Waals surface area contributed by atoms with Gasteiger partial charge < -0.3 is 0 Å². The number of halogens is 4. The standard InChI is InChI=1S/C13H22Cl4N2O2S2/c1-5-6-7-10(2)8-19(22-13(16,17)11(14)15)23(20,21)12(3,4)9-18/h10-11H,5-8H2,1-4H3. The summed E-state index contributed by atoms with van der Waals surface area (Å²) in [6.45, 7) is 6.81. The first-order valence-corrected chi connectivity index (χ1v) is 10.9. The summed E-state index contributed by atoms with van der Waals surface area (Å²) in [6, 6.07) is 1.80. The van der Waals surface area contributed by atoms with E-state index in [0.717, 1.165) is 23.0 Å². The average molecular weight is 444 g/mol. The van der Waals surface area contributed by atoms with E-state index in [1.165, 1.54) is 13.8 Å². The Balaban J connectivity index is 5.53. The maximum Gasteiger partial charge on any atom is 0.242 e. The molecular weight excluding hydrogens is 422 g/mol. The largest absolute Gasteiger partial charge is 0.242 e. The lowest BCUT2D eigenvalue weighted by atomic mass is 10.1. The number of nitriles is 1. The molecule has 0 fully saturated rings. The van der Waals surface area contributed by atoms with Crippen molar-refractivity contribution in [2.75, 3.05) is 6.54 Å². The second kappa shape index (κ2) is 9.56. The molecule has 4 nitrogen and oxygen atoms in total. The van der Waals surface area contributed by atoms with Crippen LogP contribution in [0, 0.1) is 17.2 Å². The molecule has 0 saturated carbocycles. The molecule has 0 bridgehead atoms. The lowest BCUT2D eigenvalue weighted by Gasteiger charge is -2.33. The van der Waals surface area contributed by atoms with Gasteiger partial charge in [-0.1, -0.05) is 49.9 Å². The fourth-order valence-electron chi connectivity index (χ4n) is 1.57. The van der Waals surface area contributed by atoms with Crippen LogP contribution < -0.4 is 0 Å². The van der Waals surface area contributed by atoms with E-state index in [1.54, 1.807) is 6.07 Å². The van der Waals surface area contributed by atoms with E-state index in [0.29, 0.717) is 11.9 Å². The minimum Gasteiger partial charge on any atom is -0.210 e. The van der Waals surface area contributed by atoms with Gasteiger partial charge in [0.15, 0.2) is 9.58 Å². The zero-order valence-corrected chi connectivity index (χ0v) is 18.2. The van der Waals surface area contributed by atoms with E-state index < -0.39 is 23.3 Å². The van der Waals surface area contributed by atoms with Crippen LogP contribution in [0.4, 0.5) is 0 Å². The van der Waals surface area contributed by atoms with Gasteiger partial charge in [0.25, 0.3) is 0 Å². The highest BCUT2D eigenvalue weighted by Crippen LogP contribution is 2.46. The number of hydrogen-bond acceptors (Lipinski definition) is 4. The van der Waals surface area contributed by atoms with Crippen LogP contribution in [-0.2, 0) is 10.0 Å². The second-order valence-corrected chi connectivity index (χ2v) is 12.7. The van der Waals surface area contributed by atoms with E-state index in [-0.39, 0.29) is 12.5 Å². The average Bonchev–Trinajstić information content (AvgIpc) is 2.43. The van der Waals surface area contributed by atoms with E-state index >= 15 is 0 Å². The molecule has 23 heavy (non-hydrogen) atoms.